The number of nitrogens with zero attached hydrogens (tertiary/aromatic N) is 3. The van der Waals surface area contributed by atoms with E-state index in [0.29, 0.717) is 0 Å². The third kappa shape index (κ3) is 9.22. The molecule has 72 heavy (non-hydrogen) atoms. The van der Waals surface area contributed by atoms with Crippen molar-refractivity contribution in [2.75, 3.05) is 14.7 Å². The fraction of sp³-hybridized carbons (Fsp3) is 0.382. The largest absolute Gasteiger partial charge is 0.311 e. The molecular formula is C68H82BN3. The highest BCUT2D eigenvalue weighted by Gasteiger charge is 2.46. The third-order valence-electron chi connectivity index (χ3n) is 15.8. The van der Waals surface area contributed by atoms with Crippen LogP contribution in [0.2, 0.25) is 0 Å². The van der Waals surface area contributed by atoms with Crippen molar-refractivity contribution in [2.24, 2.45) is 0 Å². The van der Waals surface area contributed by atoms with Gasteiger partial charge < -0.3 is 14.7 Å². The third-order valence-corrected chi connectivity index (χ3v) is 15.8. The first kappa shape index (κ1) is 50.9. The molecule has 0 bridgehead atoms. The SMILES string of the molecule is CCCCCCc1cc(C)c(N(c2ccc(C(C)(C)C)cc2)c2cc3c4c(c2)N(c2c(C)cc(C)cc2C)c2ccc(C(C)(C)C)cc2B4c2cc(C(C)(C)C)ccc2N3c2c(C)cc(C)cc2C)c(C)c1. The summed E-state index contributed by atoms with van der Waals surface area (Å²) in [6.07, 6.45) is 6.14. The van der Waals surface area contributed by atoms with Gasteiger partial charge in [0.15, 0.2) is 0 Å². The lowest BCUT2D eigenvalue weighted by atomic mass is 9.33. The normalized spacial score (nSPS) is 13.3. The molecule has 0 atom stereocenters. The van der Waals surface area contributed by atoms with E-state index in [2.05, 4.69) is 249 Å². The molecule has 3 nitrogen and oxygen atoms in total. The van der Waals surface area contributed by atoms with Gasteiger partial charge in [0.2, 0.25) is 0 Å². The molecule has 2 aliphatic rings. The van der Waals surface area contributed by atoms with Crippen LogP contribution in [0.15, 0.2) is 109 Å². The summed E-state index contributed by atoms with van der Waals surface area (Å²) in [5.74, 6) is 0. The molecule has 0 amide bonds. The van der Waals surface area contributed by atoms with Gasteiger partial charge in [0.25, 0.3) is 6.71 Å². The van der Waals surface area contributed by atoms with E-state index in [1.807, 2.05) is 0 Å². The molecule has 7 aromatic carbocycles. The van der Waals surface area contributed by atoms with Crippen LogP contribution in [0.1, 0.15) is 162 Å². The van der Waals surface area contributed by atoms with E-state index in [-0.39, 0.29) is 23.0 Å². The van der Waals surface area contributed by atoms with E-state index in [1.165, 1.54) is 149 Å². The van der Waals surface area contributed by atoms with Gasteiger partial charge in [-0.3, -0.25) is 0 Å². The summed E-state index contributed by atoms with van der Waals surface area (Å²) in [4.78, 5) is 7.92. The Hall–Kier alpha value is -6.00. The Bertz CT molecular complexity index is 3000. The van der Waals surface area contributed by atoms with Crippen LogP contribution in [0.5, 0.6) is 0 Å². The van der Waals surface area contributed by atoms with Gasteiger partial charge in [-0.25, -0.2) is 0 Å². The first-order valence-electron chi connectivity index (χ1n) is 27.1. The Morgan fingerprint density at radius 2 is 0.833 bits per heavy atom. The standard InChI is InChI=1S/C68H82BN3/c1-19-20-21-22-23-50-36-48(8)63(49(9)37-50)70(54-28-24-51(25-29-54)66(10,11)12)55-40-60-62-61(41-55)72(65-46(6)34-43(3)35-47(65)7)59-31-27-53(68(16,17)18)39-57(59)69(62)56-38-52(67(13,14)15)26-30-58(56)71(60)64-44(4)32-42(2)33-45(64)5/h24-41H,19-23H2,1-18H3. The van der Waals surface area contributed by atoms with Crippen LogP contribution >= 0.6 is 0 Å². The maximum absolute atomic E-state index is 2.66. The molecule has 2 heterocycles. The van der Waals surface area contributed by atoms with E-state index in [0.717, 1.165) is 17.8 Å². The molecule has 0 aromatic heterocycles. The van der Waals surface area contributed by atoms with Crippen molar-refractivity contribution in [1.82, 2.24) is 0 Å². The lowest BCUT2D eigenvalue weighted by molar-refractivity contribution is 0.590. The van der Waals surface area contributed by atoms with Crippen molar-refractivity contribution in [3.05, 3.63) is 176 Å². The van der Waals surface area contributed by atoms with Crippen LogP contribution in [-0.2, 0) is 22.7 Å². The van der Waals surface area contributed by atoms with Crippen LogP contribution in [0.3, 0.4) is 0 Å². The summed E-state index contributed by atoms with van der Waals surface area (Å²) in [6.45, 7) is 41.8. The van der Waals surface area contributed by atoms with Gasteiger partial charge >= 0.3 is 0 Å². The number of unbranched alkanes of at least 4 members (excludes halogenated alkanes) is 3. The second kappa shape index (κ2) is 18.8. The van der Waals surface area contributed by atoms with E-state index >= 15 is 0 Å². The number of benzene rings is 7. The molecule has 0 unspecified atom stereocenters. The monoisotopic (exact) mass is 952 g/mol. The van der Waals surface area contributed by atoms with Crippen molar-refractivity contribution in [3.63, 3.8) is 0 Å². The van der Waals surface area contributed by atoms with Gasteiger partial charge in [-0.2, -0.15) is 0 Å². The summed E-state index contributed by atoms with van der Waals surface area (Å²) < 4.78 is 0. The van der Waals surface area contributed by atoms with Gasteiger partial charge in [-0.1, -0.05) is 172 Å². The molecule has 0 N–H and O–H groups in total. The first-order chi connectivity index (χ1) is 33.9. The Morgan fingerprint density at radius 3 is 1.24 bits per heavy atom. The fourth-order valence-electron chi connectivity index (χ4n) is 12.4. The zero-order chi connectivity index (χ0) is 51.9. The Morgan fingerprint density at radius 1 is 0.417 bits per heavy atom. The van der Waals surface area contributed by atoms with E-state index in [9.17, 15) is 0 Å². The van der Waals surface area contributed by atoms with E-state index in [1.54, 1.807) is 0 Å². The van der Waals surface area contributed by atoms with Crippen LogP contribution in [0.4, 0.5) is 51.2 Å². The Balaban J connectivity index is 1.45. The lowest BCUT2D eigenvalue weighted by Crippen LogP contribution is -2.62. The number of fused-ring (bicyclic) bond motifs is 4. The van der Waals surface area contributed by atoms with Gasteiger partial charge in [0.05, 0.1) is 22.7 Å². The molecule has 0 radical (unpaired) electrons. The van der Waals surface area contributed by atoms with Gasteiger partial charge in [0.1, 0.15) is 0 Å². The smallest absolute Gasteiger partial charge is 0.252 e. The van der Waals surface area contributed by atoms with Crippen LogP contribution in [-0.4, -0.2) is 6.71 Å². The second-order valence-corrected chi connectivity index (χ2v) is 25.1. The van der Waals surface area contributed by atoms with Crippen molar-refractivity contribution < 1.29 is 0 Å². The van der Waals surface area contributed by atoms with Crippen molar-refractivity contribution in [3.8, 4) is 0 Å². The Kier molecular flexibility index (Phi) is 13.3. The zero-order valence-corrected chi connectivity index (χ0v) is 47.3. The number of aryl methyl sites for hydroxylation is 9. The summed E-state index contributed by atoms with van der Waals surface area (Å²) in [7, 11) is 0. The predicted molar refractivity (Wildman–Crippen MR) is 317 cm³/mol. The van der Waals surface area contributed by atoms with Crippen molar-refractivity contribution in [1.29, 1.82) is 0 Å². The number of hydrogen-bond donors (Lipinski definition) is 0. The summed E-state index contributed by atoms with van der Waals surface area (Å²) in [5, 5.41) is 0. The van der Waals surface area contributed by atoms with Gasteiger partial charge in [0, 0.05) is 28.4 Å². The minimum absolute atomic E-state index is 0.0155. The van der Waals surface area contributed by atoms with Gasteiger partial charge in [-0.15, -0.1) is 0 Å². The topological polar surface area (TPSA) is 9.72 Å². The molecule has 372 valence electrons. The molecule has 0 aliphatic carbocycles. The highest BCUT2D eigenvalue weighted by atomic mass is 15.2. The zero-order valence-electron chi connectivity index (χ0n) is 47.3. The second-order valence-electron chi connectivity index (χ2n) is 25.1. The number of hydrogen-bond acceptors (Lipinski definition) is 3. The maximum Gasteiger partial charge on any atom is 0.252 e. The van der Waals surface area contributed by atoms with Gasteiger partial charge in [-0.05, 0) is 193 Å². The minimum Gasteiger partial charge on any atom is -0.311 e. The highest BCUT2D eigenvalue weighted by molar-refractivity contribution is 7.00. The molecule has 0 spiro atoms. The number of anilines is 9. The minimum atomic E-state index is -0.0424. The summed E-state index contributed by atoms with van der Waals surface area (Å²) in [5.41, 5.74) is 30.8. The van der Waals surface area contributed by atoms with Crippen molar-refractivity contribution in [2.45, 2.75) is 173 Å². The van der Waals surface area contributed by atoms with Crippen LogP contribution in [0.25, 0.3) is 0 Å². The quantitative estimate of drug-likeness (QED) is 0.0999. The summed E-state index contributed by atoms with van der Waals surface area (Å²) >= 11 is 0. The van der Waals surface area contributed by atoms with Crippen LogP contribution in [0, 0.1) is 55.4 Å². The Labute approximate surface area is 435 Å². The molecular weight excluding hydrogens is 870 g/mol. The molecule has 2 aliphatic heterocycles. The van der Waals surface area contributed by atoms with E-state index in [4.69, 9.17) is 0 Å². The van der Waals surface area contributed by atoms with Crippen molar-refractivity contribution >= 4 is 74.3 Å². The predicted octanol–water partition coefficient (Wildman–Crippen LogP) is 17.7. The molecule has 0 fully saturated rings. The lowest BCUT2D eigenvalue weighted by Gasteiger charge is -2.46. The molecule has 7 aromatic rings. The molecule has 9 rings (SSSR count). The maximum atomic E-state index is 2.66. The molecule has 0 saturated heterocycles. The fourth-order valence-corrected chi connectivity index (χ4v) is 12.4. The summed E-state index contributed by atoms with van der Waals surface area (Å²) in [6, 6.07) is 43.9. The number of rotatable bonds is 10. The molecule has 0 saturated carbocycles. The van der Waals surface area contributed by atoms with E-state index < -0.39 is 0 Å². The van der Waals surface area contributed by atoms with Crippen LogP contribution < -0.4 is 31.1 Å². The average molecular weight is 952 g/mol. The molecule has 4 heteroatoms. The highest BCUT2D eigenvalue weighted by Crippen LogP contribution is 2.51. The first-order valence-corrected chi connectivity index (χ1v) is 27.1. The average Bonchev–Trinajstić information content (AvgIpc) is 3.28.